The van der Waals surface area contributed by atoms with Crippen molar-refractivity contribution >= 4 is 16.9 Å². The Morgan fingerprint density at radius 1 is 1.29 bits per heavy atom. The molecule has 0 atom stereocenters. The number of hydrogen-bond acceptors (Lipinski definition) is 5. The van der Waals surface area contributed by atoms with Crippen LogP contribution in [0.15, 0.2) is 11.0 Å². The van der Waals surface area contributed by atoms with Gasteiger partial charge >= 0.3 is 5.69 Å². The van der Waals surface area contributed by atoms with E-state index in [0.717, 1.165) is 37.4 Å². The molecule has 0 amide bonds. The molecule has 0 bridgehead atoms. The van der Waals surface area contributed by atoms with Crippen molar-refractivity contribution in [1.29, 1.82) is 0 Å². The smallest absolute Gasteiger partial charge is 0.348 e. The van der Waals surface area contributed by atoms with Gasteiger partial charge in [-0.15, -0.1) is 0 Å². The second-order valence-electron chi connectivity index (χ2n) is 4.31. The molecule has 0 spiro atoms. The molecule has 0 aliphatic carbocycles. The Bertz CT molecular complexity index is 580. The molecule has 0 aromatic carbocycles. The Morgan fingerprint density at radius 2 is 2.06 bits per heavy atom. The van der Waals surface area contributed by atoms with Gasteiger partial charge in [-0.2, -0.15) is 10.1 Å². The summed E-state index contributed by atoms with van der Waals surface area (Å²) in [6.07, 6.45) is 1.70. The van der Waals surface area contributed by atoms with Crippen molar-refractivity contribution in [3.63, 3.8) is 0 Å². The first-order valence-corrected chi connectivity index (χ1v) is 5.61. The summed E-state index contributed by atoms with van der Waals surface area (Å²) in [5.74, 6) is 0.727. The third-order valence-corrected chi connectivity index (χ3v) is 3.12. The maximum Gasteiger partial charge on any atom is 0.348 e. The van der Waals surface area contributed by atoms with Crippen molar-refractivity contribution in [3.8, 4) is 0 Å². The van der Waals surface area contributed by atoms with Crippen molar-refractivity contribution < 1.29 is 0 Å². The molecule has 2 aromatic heterocycles. The molecule has 1 fully saturated rings. The van der Waals surface area contributed by atoms with Crippen molar-refractivity contribution in [2.24, 2.45) is 0 Å². The predicted molar refractivity (Wildman–Crippen MR) is 64.2 cm³/mol. The minimum absolute atomic E-state index is 0.337. The zero-order chi connectivity index (χ0) is 11.8. The number of fused-ring (bicyclic) bond motifs is 1. The number of nitrogens with zero attached hydrogens (tertiary/aromatic N) is 4. The first kappa shape index (κ1) is 10.3. The molecule has 17 heavy (non-hydrogen) atoms. The van der Waals surface area contributed by atoms with Crippen LogP contribution in [0, 0.1) is 0 Å². The molecule has 3 rings (SSSR count). The van der Waals surface area contributed by atoms with E-state index < -0.39 is 0 Å². The lowest BCUT2D eigenvalue weighted by atomic mass is 10.3. The van der Waals surface area contributed by atoms with Gasteiger partial charge in [0.25, 0.3) is 0 Å². The molecule has 0 radical (unpaired) electrons. The summed E-state index contributed by atoms with van der Waals surface area (Å²) in [6, 6.07) is 0. The number of nitrogens with one attached hydrogen (secondary N) is 2. The third-order valence-electron chi connectivity index (χ3n) is 3.12. The Hall–Kier alpha value is -1.89. The van der Waals surface area contributed by atoms with Gasteiger partial charge in [0.1, 0.15) is 11.5 Å². The number of likely N-dealkylation sites (N-methyl/N-ethyl adjacent to an activating group) is 1. The van der Waals surface area contributed by atoms with Gasteiger partial charge in [0.05, 0.1) is 11.6 Å². The van der Waals surface area contributed by atoms with E-state index in [2.05, 4.69) is 37.0 Å². The molecule has 3 heterocycles. The number of H-pyrrole nitrogens is 2. The minimum Gasteiger partial charge on any atom is -0.353 e. The predicted octanol–water partition coefficient (Wildman–Crippen LogP) is -0.602. The first-order valence-electron chi connectivity index (χ1n) is 5.61. The second-order valence-corrected chi connectivity index (χ2v) is 4.31. The van der Waals surface area contributed by atoms with Crippen molar-refractivity contribution in [1.82, 2.24) is 25.1 Å². The van der Waals surface area contributed by atoms with Gasteiger partial charge in [0, 0.05) is 26.2 Å². The van der Waals surface area contributed by atoms with E-state index in [9.17, 15) is 4.79 Å². The monoisotopic (exact) mass is 234 g/mol. The molecule has 0 unspecified atom stereocenters. The van der Waals surface area contributed by atoms with E-state index in [0.29, 0.717) is 5.65 Å². The number of hydrogen-bond donors (Lipinski definition) is 2. The zero-order valence-electron chi connectivity index (χ0n) is 9.60. The van der Waals surface area contributed by atoms with Gasteiger partial charge in [0.15, 0.2) is 0 Å². The lowest BCUT2D eigenvalue weighted by molar-refractivity contribution is 0.312. The normalized spacial score (nSPS) is 17.8. The van der Waals surface area contributed by atoms with Gasteiger partial charge in [-0.3, -0.25) is 10.1 Å². The number of piperazine rings is 1. The quantitative estimate of drug-likeness (QED) is 0.688. The van der Waals surface area contributed by atoms with E-state index in [1.54, 1.807) is 6.20 Å². The fourth-order valence-corrected chi connectivity index (χ4v) is 2.10. The Balaban J connectivity index is 2.04. The molecule has 7 nitrogen and oxygen atoms in total. The molecule has 2 aromatic rings. The van der Waals surface area contributed by atoms with Crippen LogP contribution >= 0.6 is 0 Å². The molecular formula is C10H14N6O. The van der Waals surface area contributed by atoms with E-state index in [-0.39, 0.29) is 5.69 Å². The summed E-state index contributed by atoms with van der Waals surface area (Å²) in [5, 5.41) is 7.58. The van der Waals surface area contributed by atoms with Crippen LogP contribution < -0.4 is 10.6 Å². The molecule has 7 heteroatoms. The summed E-state index contributed by atoms with van der Waals surface area (Å²) in [5.41, 5.74) is 0.301. The van der Waals surface area contributed by atoms with Gasteiger partial charge in [-0.25, -0.2) is 4.79 Å². The number of rotatable bonds is 1. The van der Waals surface area contributed by atoms with Crippen LogP contribution in [0.5, 0.6) is 0 Å². The Kier molecular flexibility index (Phi) is 2.32. The van der Waals surface area contributed by atoms with Gasteiger partial charge in [-0.1, -0.05) is 0 Å². The van der Waals surface area contributed by atoms with Crippen molar-refractivity contribution in [2.45, 2.75) is 0 Å². The third kappa shape index (κ3) is 1.78. The highest BCUT2D eigenvalue weighted by Gasteiger charge is 2.18. The summed E-state index contributed by atoms with van der Waals surface area (Å²) >= 11 is 0. The molecule has 0 saturated carbocycles. The second kappa shape index (κ2) is 3.85. The van der Waals surface area contributed by atoms with Crippen molar-refractivity contribution in [2.75, 3.05) is 38.1 Å². The van der Waals surface area contributed by atoms with Crippen LogP contribution in [0.3, 0.4) is 0 Å². The highest BCUT2D eigenvalue weighted by atomic mass is 16.1. The zero-order valence-corrected chi connectivity index (χ0v) is 9.60. The standard InChI is InChI=1S/C10H14N6O/c1-15-2-4-16(5-3-15)9-7-6-11-14-8(7)12-10(17)13-9/h6H,2-5H2,1H3,(H2,11,12,13,14,17). The average Bonchev–Trinajstić information content (AvgIpc) is 2.77. The molecule has 1 saturated heterocycles. The molecule has 90 valence electrons. The van der Waals surface area contributed by atoms with Crippen LogP contribution in [0.1, 0.15) is 0 Å². The van der Waals surface area contributed by atoms with Crippen LogP contribution in [-0.2, 0) is 0 Å². The fraction of sp³-hybridized carbons (Fsp3) is 0.500. The lowest BCUT2D eigenvalue weighted by Crippen LogP contribution is -2.45. The summed E-state index contributed by atoms with van der Waals surface area (Å²) < 4.78 is 0. The van der Waals surface area contributed by atoms with Gasteiger partial charge < -0.3 is 9.80 Å². The maximum atomic E-state index is 11.5. The summed E-state index contributed by atoms with van der Waals surface area (Å²) in [7, 11) is 2.09. The van der Waals surface area contributed by atoms with E-state index >= 15 is 0 Å². The van der Waals surface area contributed by atoms with E-state index in [1.807, 2.05) is 0 Å². The average molecular weight is 234 g/mol. The van der Waals surface area contributed by atoms with Gasteiger partial charge in [-0.05, 0) is 7.05 Å². The Labute approximate surface area is 97.4 Å². The largest absolute Gasteiger partial charge is 0.353 e. The molecule has 1 aliphatic rings. The first-order chi connectivity index (χ1) is 8.24. The van der Waals surface area contributed by atoms with E-state index in [4.69, 9.17) is 0 Å². The Morgan fingerprint density at radius 3 is 2.82 bits per heavy atom. The maximum absolute atomic E-state index is 11.5. The molecule has 1 aliphatic heterocycles. The summed E-state index contributed by atoms with van der Waals surface area (Å²) in [4.78, 5) is 22.5. The van der Waals surface area contributed by atoms with Crippen LogP contribution in [0.4, 0.5) is 5.82 Å². The number of aromatic amines is 2. The van der Waals surface area contributed by atoms with E-state index in [1.165, 1.54) is 0 Å². The molecule has 2 N–H and O–H groups in total. The highest BCUT2D eigenvalue weighted by molar-refractivity contribution is 5.86. The molecular weight excluding hydrogens is 220 g/mol. The lowest BCUT2D eigenvalue weighted by Gasteiger charge is -2.33. The highest BCUT2D eigenvalue weighted by Crippen LogP contribution is 2.20. The van der Waals surface area contributed by atoms with Crippen LogP contribution in [-0.4, -0.2) is 58.3 Å². The van der Waals surface area contributed by atoms with Crippen LogP contribution in [0.25, 0.3) is 11.0 Å². The number of aromatic nitrogens is 4. The summed E-state index contributed by atoms with van der Waals surface area (Å²) in [6.45, 7) is 3.72. The van der Waals surface area contributed by atoms with Crippen molar-refractivity contribution in [3.05, 3.63) is 16.7 Å². The fourth-order valence-electron chi connectivity index (χ4n) is 2.10. The van der Waals surface area contributed by atoms with Crippen LogP contribution in [0.2, 0.25) is 0 Å². The number of anilines is 1. The van der Waals surface area contributed by atoms with Gasteiger partial charge in [0.2, 0.25) is 0 Å². The topological polar surface area (TPSA) is 80.9 Å². The SMILES string of the molecule is CN1CCN(c2nc(=O)[nH]c3[nH]ncc23)CC1. The minimum atomic E-state index is -0.337.